The van der Waals surface area contributed by atoms with Crippen LogP contribution in [-0.2, 0) is 4.79 Å². The molecule has 1 heterocycles. The number of primary amides is 1. The highest BCUT2D eigenvalue weighted by Gasteiger charge is 2.17. The molecule has 0 saturated carbocycles. The van der Waals surface area contributed by atoms with E-state index < -0.39 is 10.8 Å². The maximum absolute atomic E-state index is 10.8. The van der Waals surface area contributed by atoms with E-state index in [1.54, 1.807) is 6.07 Å². The molecule has 0 radical (unpaired) electrons. The van der Waals surface area contributed by atoms with E-state index in [9.17, 15) is 14.9 Å². The summed E-state index contributed by atoms with van der Waals surface area (Å²) in [4.78, 5) is 24.7. The van der Waals surface area contributed by atoms with E-state index in [1.165, 1.54) is 12.1 Å². The Balaban J connectivity index is 2.24. The minimum absolute atomic E-state index is 0.126. The summed E-state index contributed by atoms with van der Waals surface area (Å²) in [5.41, 5.74) is 5.33. The molecule has 0 spiro atoms. The van der Waals surface area contributed by atoms with Gasteiger partial charge in [0.1, 0.15) is 0 Å². The van der Waals surface area contributed by atoms with E-state index in [0.29, 0.717) is 5.58 Å². The van der Waals surface area contributed by atoms with Crippen molar-refractivity contribution in [1.82, 2.24) is 4.98 Å². The van der Waals surface area contributed by atoms with Crippen molar-refractivity contribution >= 4 is 28.7 Å². The molecular weight excluding hydrogens is 240 g/mol. The number of hydrogen-bond acceptors (Lipinski definition) is 6. The second-order valence-corrected chi connectivity index (χ2v) is 3.54. The number of carbonyl (C=O) groups is 1. The fraction of sp³-hybridized carbons (Fsp3) is 0.200. The first-order chi connectivity index (χ1) is 8.58. The smallest absolute Gasteiger partial charge is 0.298 e. The van der Waals surface area contributed by atoms with Gasteiger partial charge < -0.3 is 15.5 Å². The normalized spacial score (nSPS) is 10.4. The number of nitro groups is 1. The van der Waals surface area contributed by atoms with E-state index in [-0.39, 0.29) is 30.2 Å². The summed E-state index contributed by atoms with van der Waals surface area (Å²) in [7, 11) is 0. The molecule has 0 aliphatic rings. The molecule has 3 N–H and O–H groups in total. The first kappa shape index (κ1) is 11.8. The lowest BCUT2D eigenvalue weighted by atomic mass is 10.3. The van der Waals surface area contributed by atoms with E-state index in [2.05, 4.69) is 10.3 Å². The van der Waals surface area contributed by atoms with Gasteiger partial charge in [-0.2, -0.15) is 4.98 Å². The molecule has 0 atom stereocenters. The highest BCUT2D eigenvalue weighted by molar-refractivity contribution is 5.84. The van der Waals surface area contributed by atoms with Gasteiger partial charge in [0, 0.05) is 19.0 Å². The summed E-state index contributed by atoms with van der Waals surface area (Å²) in [6.45, 7) is 0.260. The number of benzene rings is 1. The fourth-order valence-electron chi connectivity index (χ4n) is 1.45. The second-order valence-electron chi connectivity index (χ2n) is 3.54. The number of oxazole rings is 1. The van der Waals surface area contributed by atoms with Crippen molar-refractivity contribution < 1.29 is 14.1 Å². The van der Waals surface area contributed by atoms with Crippen molar-refractivity contribution in [3.05, 3.63) is 28.3 Å². The number of nitrogens with two attached hydrogens (primary N) is 1. The van der Waals surface area contributed by atoms with Crippen molar-refractivity contribution in [1.29, 1.82) is 0 Å². The summed E-state index contributed by atoms with van der Waals surface area (Å²) in [6, 6.07) is 4.56. The molecule has 0 saturated heterocycles. The third kappa shape index (κ3) is 2.37. The number of nitro benzene ring substituents is 1. The van der Waals surface area contributed by atoms with E-state index in [4.69, 9.17) is 10.2 Å². The molecule has 18 heavy (non-hydrogen) atoms. The lowest BCUT2D eigenvalue weighted by Gasteiger charge is -1.96. The van der Waals surface area contributed by atoms with Crippen molar-refractivity contribution in [2.24, 2.45) is 5.73 Å². The van der Waals surface area contributed by atoms with Crippen LogP contribution in [0.5, 0.6) is 0 Å². The summed E-state index contributed by atoms with van der Waals surface area (Å²) in [5, 5.41) is 13.5. The largest absolute Gasteiger partial charge is 0.423 e. The first-order valence-electron chi connectivity index (χ1n) is 5.14. The van der Waals surface area contributed by atoms with Crippen LogP contribution in [0.2, 0.25) is 0 Å². The molecule has 94 valence electrons. The molecule has 0 bridgehead atoms. The molecule has 0 fully saturated rings. The van der Waals surface area contributed by atoms with E-state index in [0.717, 1.165) is 0 Å². The molecule has 1 amide bonds. The van der Waals surface area contributed by atoms with Gasteiger partial charge in [0.05, 0.1) is 4.92 Å². The van der Waals surface area contributed by atoms with Crippen LogP contribution in [0.1, 0.15) is 6.42 Å². The Morgan fingerprint density at radius 2 is 2.33 bits per heavy atom. The van der Waals surface area contributed by atoms with Crippen LogP contribution in [0.4, 0.5) is 11.7 Å². The van der Waals surface area contributed by atoms with Crippen LogP contribution in [0, 0.1) is 10.1 Å². The number of fused-ring (bicyclic) bond motifs is 1. The molecule has 1 aromatic heterocycles. The average Bonchev–Trinajstić information content (AvgIpc) is 2.70. The molecule has 0 unspecified atom stereocenters. The van der Waals surface area contributed by atoms with Crippen LogP contribution in [-0.4, -0.2) is 22.4 Å². The van der Waals surface area contributed by atoms with Gasteiger partial charge in [-0.3, -0.25) is 14.9 Å². The SMILES string of the molecule is NC(=O)CCNc1nc2c([N+](=O)[O-])cccc2o1. The van der Waals surface area contributed by atoms with Gasteiger partial charge >= 0.3 is 0 Å². The number of rotatable bonds is 5. The molecular formula is C10H10N4O4. The van der Waals surface area contributed by atoms with Crippen LogP contribution in [0.3, 0.4) is 0 Å². The number of carbonyl (C=O) groups excluding carboxylic acids is 1. The number of nitrogens with zero attached hydrogens (tertiary/aromatic N) is 2. The fourth-order valence-corrected chi connectivity index (χ4v) is 1.45. The van der Waals surface area contributed by atoms with Crippen molar-refractivity contribution in [3.63, 3.8) is 0 Å². The van der Waals surface area contributed by atoms with Crippen LogP contribution < -0.4 is 11.1 Å². The summed E-state index contributed by atoms with van der Waals surface area (Å²) < 4.78 is 5.26. The van der Waals surface area contributed by atoms with Crippen molar-refractivity contribution in [2.75, 3.05) is 11.9 Å². The zero-order valence-corrected chi connectivity index (χ0v) is 9.25. The third-order valence-corrected chi connectivity index (χ3v) is 2.24. The van der Waals surface area contributed by atoms with Crippen molar-refractivity contribution in [2.45, 2.75) is 6.42 Å². The van der Waals surface area contributed by atoms with Crippen LogP contribution in [0.15, 0.2) is 22.6 Å². The number of para-hydroxylation sites is 1. The second kappa shape index (κ2) is 4.70. The lowest BCUT2D eigenvalue weighted by Crippen LogP contribution is -2.15. The standard InChI is InChI=1S/C10H10N4O4/c11-8(15)4-5-12-10-13-9-6(14(16)17)2-1-3-7(9)18-10/h1-3H,4-5H2,(H2,11,15)(H,12,13). The third-order valence-electron chi connectivity index (χ3n) is 2.24. The Kier molecular flexibility index (Phi) is 3.09. The van der Waals surface area contributed by atoms with Gasteiger partial charge in [-0.25, -0.2) is 0 Å². The number of aromatic nitrogens is 1. The molecule has 1 aromatic carbocycles. The molecule has 2 rings (SSSR count). The number of amides is 1. The quantitative estimate of drug-likeness (QED) is 0.603. The van der Waals surface area contributed by atoms with Gasteiger partial charge in [-0.1, -0.05) is 6.07 Å². The van der Waals surface area contributed by atoms with Crippen molar-refractivity contribution in [3.8, 4) is 0 Å². The van der Waals surface area contributed by atoms with Gasteiger partial charge in [-0.15, -0.1) is 0 Å². The summed E-state index contributed by atoms with van der Waals surface area (Å²) in [6.07, 6.45) is 0.126. The predicted octanol–water partition coefficient (Wildman–Crippen LogP) is 1.02. The number of nitrogens with one attached hydrogen (secondary N) is 1. The van der Waals surface area contributed by atoms with E-state index >= 15 is 0 Å². The zero-order valence-electron chi connectivity index (χ0n) is 9.25. The Bertz CT molecular complexity index is 607. The average molecular weight is 250 g/mol. The molecule has 8 nitrogen and oxygen atoms in total. The molecule has 8 heteroatoms. The molecule has 0 aliphatic heterocycles. The van der Waals surface area contributed by atoms with Gasteiger partial charge in [0.15, 0.2) is 11.1 Å². The molecule has 2 aromatic rings. The Hall–Kier alpha value is -2.64. The lowest BCUT2D eigenvalue weighted by molar-refractivity contribution is -0.383. The van der Waals surface area contributed by atoms with Gasteiger partial charge in [-0.05, 0) is 6.07 Å². The topological polar surface area (TPSA) is 124 Å². The zero-order chi connectivity index (χ0) is 13.1. The highest BCUT2D eigenvalue weighted by Crippen LogP contribution is 2.27. The Labute approximate surface area is 101 Å². The van der Waals surface area contributed by atoms with Crippen LogP contribution >= 0.6 is 0 Å². The first-order valence-corrected chi connectivity index (χ1v) is 5.14. The monoisotopic (exact) mass is 250 g/mol. The number of anilines is 1. The minimum Gasteiger partial charge on any atom is -0.423 e. The van der Waals surface area contributed by atoms with E-state index in [1.807, 2.05) is 0 Å². The number of hydrogen-bond donors (Lipinski definition) is 2. The molecule has 0 aliphatic carbocycles. The Morgan fingerprint density at radius 3 is 3.00 bits per heavy atom. The van der Waals surface area contributed by atoms with Gasteiger partial charge in [0.25, 0.3) is 11.7 Å². The maximum atomic E-state index is 10.8. The summed E-state index contributed by atoms with van der Waals surface area (Å²) >= 11 is 0. The van der Waals surface area contributed by atoms with Crippen LogP contribution in [0.25, 0.3) is 11.1 Å². The summed E-state index contributed by atoms with van der Waals surface area (Å²) in [5.74, 6) is -0.454. The predicted molar refractivity (Wildman–Crippen MR) is 63.0 cm³/mol. The number of non-ortho nitro benzene ring substituents is 1. The van der Waals surface area contributed by atoms with Gasteiger partial charge in [0.2, 0.25) is 5.91 Å². The highest BCUT2D eigenvalue weighted by atomic mass is 16.6. The minimum atomic E-state index is -0.530. The Morgan fingerprint density at radius 1 is 1.56 bits per heavy atom. The maximum Gasteiger partial charge on any atom is 0.298 e.